The number of rotatable bonds is 8. The molecule has 1 aliphatic rings. The van der Waals surface area contributed by atoms with Crippen molar-refractivity contribution in [2.75, 3.05) is 32.1 Å². The first kappa shape index (κ1) is 20.1. The number of carbonyl (C=O) groups is 1. The second kappa shape index (κ2) is 7.79. The van der Waals surface area contributed by atoms with E-state index in [4.69, 9.17) is 10.5 Å². The number of hydrogen-bond acceptors (Lipinski definition) is 5. The maximum atomic E-state index is 15.0. The number of halogens is 1. The average Bonchev–Trinajstić information content (AvgIpc) is 3.50. The maximum Gasteiger partial charge on any atom is 0.341 e. The van der Waals surface area contributed by atoms with Gasteiger partial charge in [0.1, 0.15) is 11.3 Å². The molecule has 0 amide bonds. The van der Waals surface area contributed by atoms with Crippen LogP contribution in [0.4, 0.5) is 10.1 Å². The minimum atomic E-state index is -1.32. The highest BCUT2D eigenvalue weighted by atomic mass is 19.1. The molecule has 1 aromatic carbocycles. The van der Waals surface area contributed by atoms with Crippen LogP contribution in [-0.4, -0.2) is 42.9 Å². The van der Waals surface area contributed by atoms with Crippen LogP contribution in [0.2, 0.25) is 0 Å². The molecule has 0 radical (unpaired) electrons. The quantitative estimate of drug-likeness (QED) is 0.718. The molecule has 3 rings (SSSR count). The Morgan fingerprint density at radius 1 is 1.50 bits per heavy atom. The van der Waals surface area contributed by atoms with E-state index in [9.17, 15) is 14.7 Å². The molecule has 28 heavy (non-hydrogen) atoms. The molecule has 3 N–H and O–H groups in total. The van der Waals surface area contributed by atoms with Crippen molar-refractivity contribution >= 4 is 22.6 Å². The number of methoxy groups -OCH3 is 1. The zero-order chi connectivity index (χ0) is 20.6. The van der Waals surface area contributed by atoms with Crippen LogP contribution >= 0.6 is 0 Å². The number of hydrogen-bond donors (Lipinski definition) is 2. The fourth-order valence-corrected chi connectivity index (χ4v) is 3.43. The van der Waals surface area contributed by atoms with E-state index in [-0.39, 0.29) is 28.4 Å². The van der Waals surface area contributed by atoms with E-state index in [0.29, 0.717) is 24.5 Å². The van der Waals surface area contributed by atoms with E-state index in [0.717, 1.165) is 25.3 Å². The summed E-state index contributed by atoms with van der Waals surface area (Å²) in [6.45, 7) is 3.14. The number of aromatic carboxylic acids is 1. The predicted molar refractivity (Wildman–Crippen MR) is 106 cm³/mol. The summed E-state index contributed by atoms with van der Waals surface area (Å²) in [7, 11) is 3.20. The Bertz CT molecular complexity index is 968. The van der Waals surface area contributed by atoms with Gasteiger partial charge in [0.25, 0.3) is 0 Å². The molecule has 0 saturated heterocycles. The van der Waals surface area contributed by atoms with Gasteiger partial charge in [-0.3, -0.25) is 4.79 Å². The molecule has 0 bridgehead atoms. The highest BCUT2D eigenvalue weighted by molar-refractivity contribution is 5.97. The van der Waals surface area contributed by atoms with Crippen LogP contribution in [0.1, 0.15) is 42.6 Å². The summed E-state index contributed by atoms with van der Waals surface area (Å²) in [5, 5.41) is 9.40. The van der Waals surface area contributed by atoms with Crippen molar-refractivity contribution in [2.24, 2.45) is 11.7 Å². The molecule has 1 heterocycles. The van der Waals surface area contributed by atoms with Crippen molar-refractivity contribution in [3.63, 3.8) is 0 Å². The Morgan fingerprint density at radius 2 is 2.18 bits per heavy atom. The van der Waals surface area contributed by atoms with Gasteiger partial charge in [-0.1, -0.05) is 6.92 Å². The first-order valence-electron chi connectivity index (χ1n) is 9.39. The summed E-state index contributed by atoms with van der Waals surface area (Å²) in [6.07, 6.45) is 3.87. The first-order valence-corrected chi connectivity index (χ1v) is 9.39. The van der Waals surface area contributed by atoms with E-state index in [2.05, 4.69) is 0 Å². The molecule has 0 aliphatic heterocycles. The lowest BCUT2D eigenvalue weighted by Crippen LogP contribution is -2.25. The van der Waals surface area contributed by atoms with Crippen LogP contribution in [0.3, 0.4) is 0 Å². The summed E-state index contributed by atoms with van der Waals surface area (Å²) >= 11 is 0. The summed E-state index contributed by atoms with van der Waals surface area (Å²) in [5.41, 5.74) is 5.30. The lowest BCUT2D eigenvalue weighted by atomic mass is 10.1. The van der Waals surface area contributed by atoms with Crippen LogP contribution in [0.5, 0.6) is 5.75 Å². The Labute approximate surface area is 162 Å². The number of benzene rings is 1. The molecule has 152 valence electrons. The fraction of sp³-hybridized carbons (Fsp3) is 0.500. The number of carboxylic acid groups (broad SMARTS) is 1. The van der Waals surface area contributed by atoms with Gasteiger partial charge in [-0.25, -0.2) is 9.18 Å². The molecule has 0 spiro atoms. The molecule has 2 aromatic rings. The monoisotopic (exact) mass is 391 g/mol. The zero-order valence-corrected chi connectivity index (χ0v) is 16.4. The number of fused-ring (bicyclic) bond motifs is 1. The van der Waals surface area contributed by atoms with Gasteiger partial charge >= 0.3 is 5.97 Å². The van der Waals surface area contributed by atoms with E-state index < -0.39 is 17.2 Å². The lowest BCUT2D eigenvalue weighted by Gasteiger charge is -2.25. The molecule has 8 heteroatoms. The second-order valence-corrected chi connectivity index (χ2v) is 7.50. The van der Waals surface area contributed by atoms with Crippen LogP contribution in [-0.2, 0) is 0 Å². The van der Waals surface area contributed by atoms with E-state index in [1.165, 1.54) is 13.3 Å². The largest absolute Gasteiger partial charge is 0.492 e. The van der Waals surface area contributed by atoms with Crippen molar-refractivity contribution in [1.82, 2.24) is 4.57 Å². The predicted octanol–water partition coefficient (Wildman–Crippen LogP) is 2.60. The number of pyridine rings is 1. The summed E-state index contributed by atoms with van der Waals surface area (Å²) in [6, 6.07) is 1.21. The highest BCUT2D eigenvalue weighted by Gasteiger charge is 2.30. The van der Waals surface area contributed by atoms with Gasteiger partial charge in [0.2, 0.25) is 5.43 Å². The summed E-state index contributed by atoms with van der Waals surface area (Å²) < 4.78 is 22.3. The molecule has 1 unspecified atom stereocenters. The molecular weight excluding hydrogens is 365 g/mol. The Morgan fingerprint density at radius 3 is 2.71 bits per heavy atom. The number of nitrogens with zero attached hydrogens (tertiary/aromatic N) is 2. The second-order valence-electron chi connectivity index (χ2n) is 7.50. The fourth-order valence-electron chi connectivity index (χ4n) is 3.43. The SMILES string of the molecule is COc1c(N(C)CCC(C)CN)c(F)cc2c(=O)c(C(=O)O)cn(C3CC3)c12. The normalized spacial score (nSPS) is 14.9. The minimum absolute atomic E-state index is 0.0219. The summed E-state index contributed by atoms with van der Waals surface area (Å²) in [5.74, 6) is -1.40. The third-order valence-corrected chi connectivity index (χ3v) is 5.31. The first-order chi connectivity index (χ1) is 13.3. The zero-order valence-electron chi connectivity index (χ0n) is 16.4. The Balaban J connectivity index is 2.23. The van der Waals surface area contributed by atoms with E-state index in [1.54, 1.807) is 16.5 Å². The lowest BCUT2D eigenvalue weighted by molar-refractivity contribution is 0.0695. The highest BCUT2D eigenvalue weighted by Crippen LogP contribution is 2.43. The van der Waals surface area contributed by atoms with Gasteiger partial charge in [-0.15, -0.1) is 0 Å². The van der Waals surface area contributed by atoms with Gasteiger partial charge in [0.05, 0.1) is 18.0 Å². The number of anilines is 1. The molecule has 1 fully saturated rings. The average molecular weight is 391 g/mol. The van der Waals surface area contributed by atoms with Crippen LogP contribution in [0, 0.1) is 11.7 Å². The molecule has 7 nitrogen and oxygen atoms in total. The van der Waals surface area contributed by atoms with Gasteiger partial charge in [-0.2, -0.15) is 0 Å². The number of carboxylic acids is 1. The number of aromatic nitrogens is 1. The van der Waals surface area contributed by atoms with Gasteiger partial charge in [-0.05, 0) is 37.8 Å². The van der Waals surface area contributed by atoms with Crippen molar-refractivity contribution in [1.29, 1.82) is 0 Å². The number of nitrogens with two attached hydrogens (primary N) is 1. The topological polar surface area (TPSA) is 97.8 Å². The van der Waals surface area contributed by atoms with Crippen molar-refractivity contribution in [2.45, 2.75) is 32.2 Å². The minimum Gasteiger partial charge on any atom is -0.492 e. The van der Waals surface area contributed by atoms with Crippen molar-refractivity contribution in [3.8, 4) is 5.75 Å². The molecule has 1 aromatic heterocycles. The van der Waals surface area contributed by atoms with Gasteiger partial charge < -0.3 is 25.0 Å². The van der Waals surface area contributed by atoms with Crippen LogP contribution in [0.15, 0.2) is 17.1 Å². The van der Waals surface area contributed by atoms with Crippen molar-refractivity contribution < 1.29 is 19.0 Å². The van der Waals surface area contributed by atoms with E-state index in [1.807, 2.05) is 6.92 Å². The molecule has 1 saturated carbocycles. The van der Waals surface area contributed by atoms with E-state index >= 15 is 4.39 Å². The van der Waals surface area contributed by atoms with Gasteiger partial charge in [0.15, 0.2) is 11.6 Å². The molecule has 1 atom stereocenters. The summed E-state index contributed by atoms with van der Waals surface area (Å²) in [4.78, 5) is 25.9. The third-order valence-electron chi connectivity index (χ3n) is 5.31. The smallest absolute Gasteiger partial charge is 0.341 e. The standard InChI is InChI=1S/C20H26FN3O4/c1-11(9-22)6-7-23(2)17-15(21)8-13-16(19(17)28-3)24(12-4-5-12)10-14(18(13)25)20(26)27/h8,10-12H,4-7,9,22H2,1-3H3,(H,26,27). The Kier molecular flexibility index (Phi) is 5.60. The van der Waals surface area contributed by atoms with Crippen LogP contribution in [0.25, 0.3) is 10.9 Å². The molecular formula is C20H26FN3O4. The third kappa shape index (κ3) is 3.56. The van der Waals surface area contributed by atoms with Crippen LogP contribution < -0.4 is 20.8 Å². The maximum absolute atomic E-state index is 15.0. The molecule has 1 aliphatic carbocycles. The van der Waals surface area contributed by atoms with Crippen molar-refractivity contribution in [3.05, 3.63) is 33.9 Å². The number of ether oxygens (including phenoxy) is 1. The van der Waals surface area contributed by atoms with Gasteiger partial charge in [0, 0.05) is 25.8 Å². The Hall–Kier alpha value is -2.61.